The lowest BCUT2D eigenvalue weighted by atomic mass is 10.0. The van der Waals surface area contributed by atoms with Crippen LogP contribution in [0.25, 0.3) is 11.4 Å². The van der Waals surface area contributed by atoms with Gasteiger partial charge in [-0.25, -0.2) is 14.6 Å². The van der Waals surface area contributed by atoms with E-state index < -0.39 is 6.55 Å². The fourth-order valence-electron chi connectivity index (χ4n) is 3.81. The third kappa shape index (κ3) is 5.98. The van der Waals surface area contributed by atoms with Crippen molar-refractivity contribution in [1.29, 1.82) is 0 Å². The molecule has 3 aromatic rings. The van der Waals surface area contributed by atoms with Gasteiger partial charge < -0.3 is 20.3 Å². The van der Waals surface area contributed by atoms with E-state index >= 15 is 0 Å². The maximum absolute atomic E-state index is 13.4. The van der Waals surface area contributed by atoms with Gasteiger partial charge in [-0.15, -0.1) is 0 Å². The zero-order chi connectivity index (χ0) is 24.1. The summed E-state index contributed by atoms with van der Waals surface area (Å²) in [7, 11) is 0. The summed E-state index contributed by atoms with van der Waals surface area (Å²) in [6.45, 7) is 0.237. The predicted molar refractivity (Wildman–Crippen MR) is 122 cm³/mol. The van der Waals surface area contributed by atoms with Crippen LogP contribution in [0.15, 0.2) is 36.5 Å². The highest BCUT2D eigenvalue weighted by atomic mass is 35.5. The number of alkyl halides is 2. The number of hydrogen-bond acceptors (Lipinski definition) is 8. The summed E-state index contributed by atoms with van der Waals surface area (Å²) in [6.07, 6.45) is 1.38. The molecule has 1 unspecified atom stereocenters. The number of aliphatic hydroxyl groups excluding tert-OH is 1. The number of aliphatic hydroxyl groups is 1. The van der Waals surface area contributed by atoms with Crippen molar-refractivity contribution in [1.82, 2.24) is 24.6 Å². The van der Waals surface area contributed by atoms with E-state index in [1.165, 1.54) is 12.3 Å². The molecule has 0 spiro atoms. The van der Waals surface area contributed by atoms with Crippen molar-refractivity contribution in [3.63, 3.8) is 0 Å². The van der Waals surface area contributed by atoms with Crippen molar-refractivity contribution in [3.8, 4) is 17.1 Å². The first-order valence-electron chi connectivity index (χ1n) is 10.7. The normalized spacial score (nSPS) is 16.8. The van der Waals surface area contributed by atoms with Gasteiger partial charge in [-0.1, -0.05) is 29.8 Å². The molecule has 182 valence electrons. The molecule has 1 aliphatic rings. The molecule has 0 bridgehead atoms. The van der Waals surface area contributed by atoms with Crippen LogP contribution in [0.4, 0.5) is 14.7 Å². The standard InChI is InChI=1S/C22H25ClF2N6O3/c23-19-10-17(27-22(26)28-19)20-15(11-31(29-20)21(24)25)9-14-3-1-2-4-18(14)34-8-6-30-5-7-33-16(12-30)13-32/h1-4,10-11,16,21,32H,5-9,12-13H2,(H2,26,27,28). The number of rotatable bonds is 9. The van der Waals surface area contributed by atoms with E-state index in [0.717, 1.165) is 12.1 Å². The van der Waals surface area contributed by atoms with Crippen LogP contribution in [0.2, 0.25) is 5.15 Å². The lowest BCUT2D eigenvalue weighted by Crippen LogP contribution is -2.45. The molecular formula is C22H25ClF2N6O3. The Bertz CT molecular complexity index is 1100. The number of benzene rings is 1. The van der Waals surface area contributed by atoms with E-state index in [1.54, 1.807) is 0 Å². The molecule has 0 amide bonds. The second-order valence-electron chi connectivity index (χ2n) is 7.80. The smallest absolute Gasteiger partial charge is 0.333 e. The molecule has 9 nitrogen and oxygen atoms in total. The molecule has 34 heavy (non-hydrogen) atoms. The van der Waals surface area contributed by atoms with E-state index in [-0.39, 0.29) is 41.6 Å². The van der Waals surface area contributed by atoms with Crippen molar-refractivity contribution >= 4 is 17.5 Å². The summed E-state index contributed by atoms with van der Waals surface area (Å²) >= 11 is 5.99. The first kappa shape index (κ1) is 24.3. The number of ether oxygens (including phenoxy) is 2. The lowest BCUT2D eigenvalue weighted by molar-refractivity contribution is -0.0547. The SMILES string of the molecule is Nc1nc(Cl)cc(-c2nn(C(F)F)cc2Cc2ccccc2OCCN2CCOC(CO)C2)n1. The molecule has 3 N–H and O–H groups in total. The monoisotopic (exact) mass is 494 g/mol. The minimum Gasteiger partial charge on any atom is -0.492 e. The van der Waals surface area contributed by atoms with Crippen LogP contribution in [0.3, 0.4) is 0 Å². The summed E-state index contributed by atoms with van der Waals surface area (Å²) in [4.78, 5) is 10.1. The maximum Gasteiger partial charge on any atom is 0.333 e. The number of para-hydroxylation sites is 1. The Morgan fingerprint density at radius 1 is 1.26 bits per heavy atom. The Morgan fingerprint density at radius 3 is 2.85 bits per heavy atom. The van der Waals surface area contributed by atoms with Gasteiger partial charge in [0.1, 0.15) is 23.2 Å². The summed E-state index contributed by atoms with van der Waals surface area (Å²) in [5.74, 6) is 0.570. The number of nitrogens with zero attached hydrogens (tertiary/aromatic N) is 5. The topological polar surface area (TPSA) is 112 Å². The quantitative estimate of drug-likeness (QED) is 0.437. The molecule has 3 heterocycles. The zero-order valence-electron chi connectivity index (χ0n) is 18.3. The number of morpholine rings is 1. The van der Waals surface area contributed by atoms with Crippen LogP contribution in [-0.4, -0.2) is 75.3 Å². The Balaban J connectivity index is 1.52. The average Bonchev–Trinajstić information content (AvgIpc) is 3.24. The molecule has 0 saturated carbocycles. The molecular weight excluding hydrogens is 470 g/mol. The van der Waals surface area contributed by atoms with Gasteiger partial charge in [-0.05, 0) is 11.6 Å². The number of halogens is 3. The van der Waals surface area contributed by atoms with Crippen LogP contribution < -0.4 is 10.5 Å². The van der Waals surface area contributed by atoms with Gasteiger partial charge in [0.2, 0.25) is 5.95 Å². The second kappa shape index (κ2) is 11.0. The van der Waals surface area contributed by atoms with Crippen molar-refractivity contribution in [2.24, 2.45) is 0 Å². The summed E-state index contributed by atoms with van der Waals surface area (Å²) in [6, 6.07) is 8.85. The number of aromatic nitrogens is 4. The van der Waals surface area contributed by atoms with E-state index in [1.807, 2.05) is 24.3 Å². The van der Waals surface area contributed by atoms with E-state index in [2.05, 4.69) is 20.0 Å². The fraction of sp³-hybridized carbons (Fsp3) is 0.409. The van der Waals surface area contributed by atoms with Gasteiger partial charge in [-0.2, -0.15) is 13.9 Å². The van der Waals surface area contributed by atoms with Gasteiger partial charge in [0.15, 0.2) is 0 Å². The van der Waals surface area contributed by atoms with Gasteiger partial charge >= 0.3 is 6.55 Å². The Hall–Kier alpha value is -2.86. The Kier molecular flexibility index (Phi) is 7.88. The predicted octanol–water partition coefficient (Wildman–Crippen LogP) is 2.63. The Morgan fingerprint density at radius 2 is 2.09 bits per heavy atom. The lowest BCUT2D eigenvalue weighted by Gasteiger charge is -2.31. The maximum atomic E-state index is 13.4. The van der Waals surface area contributed by atoms with Crippen molar-refractivity contribution < 1.29 is 23.4 Å². The highest BCUT2D eigenvalue weighted by Crippen LogP contribution is 2.29. The number of hydrogen-bond donors (Lipinski definition) is 2. The molecule has 1 atom stereocenters. The number of nitrogens with two attached hydrogens (primary N) is 1. The highest BCUT2D eigenvalue weighted by molar-refractivity contribution is 6.29. The molecule has 1 saturated heterocycles. The largest absolute Gasteiger partial charge is 0.492 e. The average molecular weight is 495 g/mol. The van der Waals surface area contributed by atoms with Crippen LogP contribution in [0.5, 0.6) is 5.75 Å². The zero-order valence-corrected chi connectivity index (χ0v) is 19.0. The summed E-state index contributed by atoms with van der Waals surface area (Å²) in [5.41, 5.74) is 7.52. The third-order valence-electron chi connectivity index (χ3n) is 5.41. The second-order valence-corrected chi connectivity index (χ2v) is 8.19. The fourth-order valence-corrected chi connectivity index (χ4v) is 4.00. The van der Waals surface area contributed by atoms with Crippen LogP contribution in [-0.2, 0) is 11.2 Å². The number of anilines is 1. The molecule has 1 fully saturated rings. The van der Waals surface area contributed by atoms with E-state index in [9.17, 15) is 13.9 Å². The Labute approximate surface area is 200 Å². The minimum atomic E-state index is -2.81. The molecule has 0 aliphatic carbocycles. The molecule has 2 aromatic heterocycles. The first-order chi connectivity index (χ1) is 16.4. The van der Waals surface area contributed by atoms with Gasteiger partial charge in [0.25, 0.3) is 0 Å². The highest BCUT2D eigenvalue weighted by Gasteiger charge is 2.21. The molecule has 0 radical (unpaired) electrons. The molecule has 1 aliphatic heterocycles. The summed E-state index contributed by atoms with van der Waals surface area (Å²) in [5, 5.41) is 13.4. The van der Waals surface area contributed by atoms with Gasteiger partial charge in [-0.3, -0.25) is 4.90 Å². The summed E-state index contributed by atoms with van der Waals surface area (Å²) < 4.78 is 38.9. The first-order valence-corrected chi connectivity index (χ1v) is 11.1. The molecule has 4 rings (SSSR count). The van der Waals surface area contributed by atoms with Crippen LogP contribution >= 0.6 is 11.6 Å². The van der Waals surface area contributed by atoms with Gasteiger partial charge in [0.05, 0.1) is 25.0 Å². The van der Waals surface area contributed by atoms with Crippen molar-refractivity contribution in [3.05, 3.63) is 52.8 Å². The van der Waals surface area contributed by atoms with Crippen LogP contribution in [0, 0.1) is 0 Å². The minimum absolute atomic E-state index is 0.0159. The van der Waals surface area contributed by atoms with Crippen molar-refractivity contribution in [2.45, 2.75) is 19.1 Å². The molecule has 12 heteroatoms. The van der Waals surface area contributed by atoms with E-state index in [4.69, 9.17) is 26.8 Å². The number of nitrogen functional groups attached to an aromatic ring is 1. The van der Waals surface area contributed by atoms with Gasteiger partial charge in [0, 0.05) is 43.9 Å². The van der Waals surface area contributed by atoms with E-state index in [0.29, 0.717) is 42.3 Å². The van der Waals surface area contributed by atoms with Crippen molar-refractivity contribution in [2.75, 3.05) is 45.2 Å². The van der Waals surface area contributed by atoms with Crippen LogP contribution in [0.1, 0.15) is 17.7 Å². The molecule has 1 aromatic carbocycles. The third-order valence-corrected chi connectivity index (χ3v) is 5.60.